The van der Waals surface area contributed by atoms with Crippen molar-refractivity contribution in [2.75, 3.05) is 18.4 Å². The molecule has 1 amide bonds. The standard InChI is InChI=1S/C19H24N4O2/c1-14-8-13-21-19(22-14)25-17-5-3-16(4-6-17)23-18(24)7-2-15-9-11-20-12-10-15/h3-6,8,13,15,20H,2,7,9-12H2,1H3,(H,23,24). The van der Waals surface area contributed by atoms with Crippen molar-refractivity contribution in [2.45, 2.75) is 32.6 Å². The minimum Gasteiger partial charge on any atom is -0.424 e. The summed E-state index contributed by atoms with van der Waals surface area (Å²) in [6.07, 6.45) is 5.52. The Bertz CT molecular complexity index is 697. The molecule has 6 nitrogen and oxygen atoms in total. The lowest BCUT2D eigenvalue weighted by Gasteiger charge is -2.22. The number of rotatable bonds is 6. The van der Waals surface area contributed by atoms with Crippen molar-refractivity contribution < 1.29 is 9.53 Å². The van der Waals surface area contributed by atoms with Crippen LogP contribution in [0, 0.1) is 12.8 Å². The lowest BCUT2D eigenvalue weighted by Crippen LogP contribution is -2.28. The minimum atomic E-state index is 0.0641. The average molecular weight is 340 g/mol. The second-order valence-corrected chi connectivity index (χ2v) is 6.39. The number of carbonyl (C=O) groups is 1. The van der Waals surface area contributed by atoms with Gasteiger partial charge >= 0.3 is 6.01 Å². The number of nitrogens with one attached hydrogen (secondary N) is 2. The van der Waals surface area contributed by atoms with E-state index in [1.807, 2.05) is 25.1 Å². The van der Waals surface area contributed by atoms with Crippen LogP contribution in [0.2, 0.25) is 0 Å². The Kier molecular flexibility index (Phi) is 5.95. The zero-order chi connectivity index (χ0) is 17.5. The lowest BCUT2D eigenvalue weighted by atomic mass is 9.93. The van der Waals surface area contributed by atoms with Gasteiger partial charge in [-0.15, -0.1) is 0 Å². The molecule has 0 atom stereocenters. The van der Waals surface area contributed by atoms with Crippen LogP contribution in [0.25, 0.3) is 0 Å². The van der Waals surface area contributed by atoms with Crippen LogP contribution in [0.15, 0.2) is 36.5 Å². The first-order valence-corrected chi connectivity index (χ1v) is 8.77. The molecule has 0 radical (unpaired) electrons. The average Bonchev–Trinajstić information content (AvgIpc) is 2.63. The maximum Gasteiger partial charge on any atom is 0.322 e. The number of carbonyl (C=O) groups excluding carboxylic acids is 1. The number of piperidine rings is 1. The Morgan fingerprint density at radius 2 is 2.00 bits per heavy atom. The summed E-state index contributed by atoms with van der Waals surface area (Å²) in [6, 6.07) is 9.39. The van der Waals surface area contributed by atoms with Crippen molar-refractivity contribution in [1.29, 1.82) is 0 Å². The molecule has 1 aliphatic rings. The van der Waals surface area contributed by atoms with E-state index in [0.29, 0.717) is 24.1 Å². The maximum absolute atomic E-state index is 12.1. The van der Waals surface area contributed by atoms with Gasteiger partial charge in [-0.1, -0.05) is 0 Å². The highest BCUT2D eigenvalue weighted by molar-refractivity contribution is 5.90. The van der Waals surface area contributed by atoms with Crippen LogP contribution < -0.4 is 15.4 Å². The van der Waals surface area contributed by atoms with Gasteiger partial charge in [-0.25, -0.2) is 9.97 Å². The van der Waals surface area contributed by atoms with Crippen molar-refractivity contribution in [3.63, 3.8) is 0 Å². The fourth-order valence-electron chi connectivity index (χ4n) is 2.92. The molecular formula is C19H24N4O2. The monoisotopic (exact) mass is 340 g/mol. The van der Waals surface area contributed by atoms with Crippen molar-refractivity contribution in [1.82, 2.24) is 15.3 Å². The van der Waals surface area contributed by atoms with E-state index >= 15 is 0 Å². The van der Waals surface area contributed by atoms with Gasteiger partial charge in [0.25, 0.3) is 0 Å². The number of benzene rings is 1. The molecule has 3 rings (SSSR count). The molecule has 1 aromatic heterocycles. The molecule has 2 heterocycles. The Morgan fingerprint density at radius 3 is 2.72 bits per heavy atom. The molecule has 1 aromatic carbocycles. The highest BCUT2D eigenvalue weighted by Crippen LogP contribution is 2.21. The third-order valence-corrected chi connectivity index (χ3v) is 4.36. The first kappa shape index (κ1) is 17.4. The molecule has 1 fully saturated rings. The van der Waals surface area contributed by atoms with Crippen LogP contribution >= 0.6 is 0 Å². The molecule has 0 unspecified atom stereocenters. The zero-order valence-corrected chi connectivity index (χ0v) is 14.5. The van der Waals surface area contributed by atoms with E-state index in [2.05, 4.69) is 20.6 Å². The SMILES string of the molecule is Cc1ccnc(Oc2ccc(NC(=O)CCC3CCNCC3)cc2)n1. The number of hydrogen-bond donors (Lipinski definition) is 2. The molecule has 0 spiro atoms. The van der Waals surface area contributed by atoms with Crippen molar-refractivity contribution >= 4 is 11.6 Å². The predicted molar refractivity (Wildman–Crippen MR) is 96.7 cm³/mol. The third kappa shape index (κ3) is 5.53. The molecule has 0 aliphatic carbocycles. The summed E-state index contributed by atoms with van der Waals surface area (Å²) < 4.78 is 5.61. The number of amides is 1. The van der Waals surface area contributed by atoms with Gasteiger partial charge in [-0.05, 0) is 75.5 Å². The lowest BCUT2D eigenvalue weighted by molar-refractivity contribution is -0.116. The van der Waals surface area contributed by atoms with Gasteiger partial charge in [-0.2, -0.15) is 0 Å². The number of ether oxygens (including phenoxy) is 1. The quantitative estimate of drug-likeness (QED) is 0.844. The molecule has 1 saturated heterocycles. The van der Waals surface area contributed by atoms with E-state index < -0.39 is 0 Å². The van der Waals surface area contributed by atoms with Crippen LogP contribution in [-0.2, 0) is 4.79 Å². The number of aryl methyl sites for hydroxylation is 1. The largest absolute Gasteiger partial charge is 0.424 e. The number of hydrogen-bond acceptors (Lipinski definition) is 5. The minimum absolute atomic E-state index is 0.0641. The molecule has 0 saturated carbocycles. The number of nitrogens with zero attached hydrogens (tertiary/aromatic N) is 2. The third-order valence-electron chi connectivity index (χ3n) is 4.36. The Hall–Kier alpha value is -2.47. The molecule has 2 aromatic rings. The second kappa shape index (κ2) is 8.58. The van der Waals surface area contributed by atoms with Crippen molar-refractivity contribution in [3.8, 4) is 11.8 Å². The van der Waals surface area contributed by atoms with Gasteiger partial charge in [0, 0.05) is 24.0 Å². The summed E-state index contributed by atoms with van der Waals surface area (Å²) in [6.45, 7) is 4.02. The summed E-state index contributed by atoms with van der Waals surface area (Å²) in [5.74, 6) is 1.37. The molecule has 2 N–H and O–H groups in total. The van der Waals surface area contributed by atoms with Crippen LogP contribution in [0.5, 0.6) is 11.8 Å². The van der Waals surface area contributed by atoms with E-state index in [0.717, 1.165) is 30.9 Å². The van der Waals surface area contributed by atoms with Crippen LogP contribution in [-0.4, -0.2) is 29.0 Å². The van der Waals surface area contributed by atoms with Crippen molar-refractivity contribution in [3.05, 3.63) is 42.2 Å². The van der Waals surface area contributed by atoms with Crippen molar-refractivity contribution in [2.24, 2.45) is 5.92 Å². The van der Waals surface area contributed by atoms with Gasteiger partial charge in [0.2, 0.25) is 5.91 Å². The maximum atomic E-state index is 12.1. The summed E-state index contributed by atoms with van der Waals surface area (Å²) in [4.78, 5) is 20.4. The van der Waals surface area contributed by atoms with Gasteiger partial charge in [0.1, 0.15) is 5.75 Å². The summed E-state index contributed by atoms with van der Waals surface area (Å²) in [5, 5.41) is 6.29. The van der Waals surface area contributed by atoms with E-state index in [1.54, 1.807) is 18.3 Å². The fourth-order valence-corrected chi connectivity index (χ4v) is 2.92. The first-order valence-electron chi connectivity index (χ1n) is 8.77. The van der Waals surface area contributed by atoms with Crippen LogP contribution in [0.1, 0.15) is 31.4 Å². The Labute approximate surface area is 148 Å². The van der Waals surface area contributed by atoms with Crippen LogP contribution in [0.3, 0.4) is 0 Å². The fraction of sp³-hybridized carbons (Fsp3) is 0.421. The molecular weight excluding hydrogens is 316 g/mol. The van der Waals surface area contributed by atoms with E-state index in [1.165, 1.54) is 12.8 Å². The summed E-state index contributed by atoms with van der Waals surface area (Å²) in [5.41, 5.74) is 1.62. The van der Waals surface area contributed by atoms with Crippen LogP contribution in [0.4, 0.5) is 5.69 Å². The number of aromatic nitrogens is 2. The second-order valence-electron chi connectivity index (χ2n) is 6.39. The van der Waals surface area contributed by atoms with E-state index in [4.69, 9.17) is 4.74 Å². The normalized spacial score (nSPS) is 14.9. The summed E-state index contributed by atoms with van der Waals surface area (Å²) in [7, 11) is 0. The highest BCUT2D eigenvalue weighted by atomic mass is 16.5. The Balaban J connectivity index is 1.47. The van der Waals surface area contributed by atoms with Gasteiger partial charge in [-0.3, -0.25) is 4.79 Å². The molecule has 132 valence electrons. The number of anilines is 1. The molecule has 25 heavy (non-hydrogen) atoms. The topological polar surface area (TPSA) is 76.1 Å². The molecule has 6 heteroatoms. The van der Waals surface area contributed by atoms with Gasteiger partial charge < -0.3 is 15.4 Å². The smallest absolute Gasteiger partial charge is 0.322 e. The first-order chi connectivity index (χ1) is 12.2. The summed E-state index contributed by atoms with van der Waals surface area (Å²) >= 11 is 0. The zero-order valence-electron chi connectivity index (χ0n) is 14.5. The molecule has 0 bridgehead atoms. The highest BCUT2D eigenvalue weighted by Gasteiger charge is 2.14. The Morgan fingerprint density at radius 1 is 1.24 bits per heavy atom. The van der Waals surface area contributed by atoms with E-state index in [-0.39, 0.29) is 5.91 Å². The van der Waals surface area contributed by atoms with Gasteiger partial charge in [0.05, 0.1) is 0 Å². The van der Waals surface area contributed by atoms with E-state index in [9.17, 15) is 4.79 Å². The predicted octanol–water partition coefficient (Wildman–Crippen LogP) is 3.30. The van der Waals surface area contributed by atoms with Gasteiger partial charge in [0.15, 0.2) is 0 Å². The molecule has 1 aliphatic heterocycles.